The second kappa shape index (κ2) is 4.53. The first-order valence-electron chi connectivity index (χ1n) is 6.24. The number of halogens is 1. The van der Waals surface area contributed by atoms with Crippen molar-refractivity contribution < 1.29 is 0 Å². The number of nitrogens with zero attached hydrogens (tertiary/aromatic N) is 3. The van der Waals surface area contributed by atoms with Crippen LogP contribution in [-0.2, 0) is 0 Å². The summed E-state index contributed by atoms with van der Waals surface area (Å²) in [7, 11) is 0. The maximum absolute atomic E-state index is 4.43. The van der Waals surface area contributed by atoms with Gasteiger partial charge in [0, 0.05) is 31.9 Å². The molecule has 92 valence electrons. The lowest BCUT2D eigenvalue weighted by molar-refractivity contribution is 0.441. The molecule has 2 aliphatic heterocycles. The van der Waals surface area contributed by atoms with E-state index in [1.807, 2.05) is 6.20 Å². The fraction of sp³-hybridized carbons (Fsp3) is 0.667. The molecule has 0 bridgehead atoms. The van der Waals surface area contributed by atoms with Gasteiger partial charge >= 0.3 is 0 Å². The molecular formula is C12H17BrN4. The van der Waals surface area contributed by atoms with Crippen LogP contribution in [0.25, 0.3) is 0 Å². The molecule has 3 atom stereocenters. The van der Waals surface area contributed by atoms with E-state index < -0.39 is 0 Å². The molecule has 0 aromatic carbocycles. The topological polar surface area (TPSA) is 41.0 Å². The number of anilines is 1. The molecule has 1 N–H and O–H groups in total. The molecule has 5 heteroatoms. The van der Waals surface area contributed by atoms with E-state index >= 15 is 0 Å². The molecule has 3 unspecified atom stereocenters. The van der Waals surface area contributed by atoms with Gasteiger partial charge in [-0.15, -0.1) is 0 Å². The van der Waals surface area contributed by atoms with Crippen LogP contribution in [0, 0.1) is 11.8 Å². The van der Waals surface area contributed by atoms with E-state index in [0.29, 0.717) is 6.04 Å². The first-order valence-corrected chi connectivity index (χ1v) is 7.03. The Kier molecular flexibility index (Phi) is 3.04. The number of fused-ring (bicyclic) bond motifs is 1. The molecule has 1 aromatic rings. The van der Waals surface area contributed by atoms with Crippen LogP contribution in [-0.4, -0.2) is 35.6 Å². The highest BCUT2D eigenvalue weighted by Crippen LogP contribution is 2.38. The molecular weight excluding hydrogens is 280 g/mol. The third kappa shape index (κ3) is 1.85. The molecule has 0 aliphatic carbocycles. The van der Waals surface area contributed by atoms with Crippen molar-refractivity contribution in [2.24, 2.45) is 11.8 Å². The third-order valence-electron chi connectivity index (χ3n) is 4.06. The lowest BCUT2D eigenvalue weighted by atomic mass is 9.93. The van der Waals surface area contributed by atoms with E-state index in [4.69, 9.17) is 0 Å². The number of aromatic nitrogens is 2. The fourth-order valence-corrected chi connectivity index (χ4v) is 3.76. The monoisotopic (exact) mass is 296 g/mol. The van der Waals surface area contributed by atoms with Crippen LogP contribution in [0.4, 0.5) is 5.82 Å². The normalized spacial score (nSPS) is 31.9. The van der Waals surface area contributed by atoms with Crippen LogP contribution in [0.3, 0.4) is 0 Å². The number of rotatable bonds is 2. The van der Waals surface area contributed by atoms with Crippen LogP contribution >= 0.6 is 15.9 Å². The Hall–Kier alpha value is -0.680. The number of hydrogen-bond acceptors (Lipinski definition) is 4. The molecule has 0 spiro atoms. The van der Waals surface area contributed by atoms with Crippen molar-refractivity contribution >= 4 is 21.7 Å². The Labute approximate surface area is 110 Å². The smallest absolute Gasteiger partial charge is 0.146 e. The van der Waals surface area contributed by atoms with Crippen molar-refractivity contribution in [3.05, 3.63) is 17.0 Å². The molecule has 2 saturated heterocycles. The van der Waals surface area contributed by atoms with Crippen LogP contribution in [0.1, 0.15) is 13.3 Å². The maximum Gasteiger partial charge on any atom is 0.146 e. The molecule has 2 fully saturated rings. The van der Waals surface area contributed by atoms with Crippen molar-refractivity contribution in [2.75, 3.05) is 24.5 Å². The van der Waals surface area contributed by atoms with Crippen molar-refractivity contribution in [2.45, 2.75) is 19.4 Å². The Bertz CT molecular complexity index is 411. The van der Waals surface area contributed by atoms with Gasteiger partial charge in [0.1, 0.15) is 12.1 Å². The van der Waals surface area contributed by atoms with Crippen LogP contribution in [0.2, 0.25) is 0 Å². The zero-order valence-corrected chi connectivity index (χ0v) is 11.5. The fourth-order valence-electron chi connectivity index (χ4n) is 3.31. The van der Waals surface area contributed by atoms with E-state index in [2.05, 4.69) is 43.0 Å². The van der Waals surface area contributed by atoms with E-state index in [1.54, 1.807) is 6.33 Å². The summed E-state index contributed by atoms with van der Waals surface area (Å²) in [6, 6.07) is 0.612. The summed E-state index contributed by atoms with van der Waals surface area (Å²) in [5.41, 5.74) is 0. The standard InChI is InChI=1S/C12H17BrN4/c1-2-11-9-4-14-3-8(9)6-17(11)12-10(13)5-15-7-16-12/h5,7-9,11,14H,2-4,6H2,1H3. The van der Waals surface area contributed by atoms with E-state index in [-0.39, 0.29) is 0 Å². The van der Waals surface area contributed by atoms with Gasteiger partial charge in [0.05, 0.1) is 4.47 Å². The molecule has 4 nitrogen and oxygen atoms in total. The molecule has 2 aliphatic rings. The van der Waals surface area contributed by atoms with Gasteiger partial charge < -0.3 is 10.2 Å². The highest BCUT2D eigenvalue weighted by Gasteiger charge is 2.44. The predicted octanol–water partition coefficient (Wildman–Crippen LogP) is 1.67. The van der Waals surface area contributed by atoms with Gasteiger partial charge in [0.15, 0.2) is 0 Å². The predicted molar refractivity (Wildman–Crippen MR) is 71.0 cm³/mol. The van der Waals surface area contributed by atoms with Crippen molar-refractivity contribution in [1.29, 1.82) is 0 Å². The summed E-state index contributed by atoms with van der Waals surface area (Å²) in [4.78, 5) is 10.9. The molecule has 17 heavy (non-hydrogen) atoms. The molecule has 0 saturated carbocycles. The highest BCUT2D eigenvalue weighted by molar-refractivity contribution is 9.10. The minimum Gasteiger partial charge on any atom is -0.352 e. The summed E-state index contributed by atoms with van der Waals surface area (Å²) in [5.74, 6) is 2.62. The van der Waals surface area contributed by atoms with Crippen LogP contribution in [0.5, 0.6) is 0 Å². The third-order valence-corrected chi connectivity index (χ3v) is 4.62. The summed E-state index contributed by atoms with van der Waals surface area (Å²) in [6.07, 6.45) is 4.65. The number of hydrogen-bond donors (Lipinski definition) is 1. The van der Waals surface area contributed by atoms with Crippen molar-refractivity contribution in [3.63, 3.8) is 0 Å². The first kappa shape index (κ1) is 11.4. The van der Waals surface area contributed by atoms with Gasteiger partial charge in [-0.05, 0) is 34.2 Å². The lowest BCUT2D eigenvalue weighted by Gasteiger charge is -2.28. The second-order valence-corrected chi connectivity index (χ2v) is 5.76. The van der Waals surface area contributed by atoms with Gasteiger partial charge in [-0.1, -0.05) is 6.92 Å². The summed E-state index contributed by atoms with van der Waals surface area (Å²) < 4.78 is 1.01. The van der Waals surface area contributed by atoms with Gasteiger partial charge in [-0.2, -0.15) is 0 Å². The average molecular weight is 297 g/mol. The van der Waals surface area contributed by atoms with Crippen molar-refractivity contribution in [1.82, 2.24) is 15.3 Å². The second-order valence-electron chi connectivity index (χ2n) is 4.90. The van der Waals surface area contributed by atoms with E-state index in [0.717, 1.165) is 41.8 Å². The highest BCUT2D eigenvalue weighted by atomic mass is 79.9. The zero-order valence-electron chi connectivity index (χ0n) is 9.93. The van der Waals surface area contributed by atoms with Gasteiger partial charge in [-0.25, -0.2) is 9.97 Å². The molecule has 3 rings (SSSR count). The largest absolute Gasteiger partial charge is 0.352 e. The molecule has 0 amide bonds. The molecule has 0 radical (unpaired) electrons. The van der Waals surface area contributed by atoms with E-state index in [1.165, 1.54) is 6.42 Å². The van der Waals surface area contributed by atoms with Gasteiger partial charge in [0.25, 0.3) is 0 Å². The Balaban J connectivity index is 1.91. The molecule has 1 aromatic heterocycles. The van der Waals surface area contributed by atoms with Crippen molar-refractivity contribution in [3.8, 4) is 0 Å². The summed E-state index contributed by atoms with van der Waals surface area (Å²) in [6.45, 7) is 5.70. The summed E-state index contributed by atoms with van der Waals surface area (Å²) in [5, 5.41) is 3.50. The van der Waals surface area contributed by atoms with Crippen LogP contribution in [0.15, 0.2) is 17.0 Å². The van der Waals surface area contributed by atoms with Crippen LogP contribution < -0.4 is 10.2 Å². The Morgan fingerprint density at radius 1 is 1.53 bits per heavy atom. The number of nitrogens with one attached hydrogen (secondary N) is 1. The van der Waals surface area contributed by atoms with Gasteiger partial charge in [0.2, 0.25) is 0 Å². The Morgan fingerprint density at radius 3 is 3.18 bits per heavy atom. The minimum absolute atomic E-state index is 0.612. The maximum atomic E-state index is 4.43. The molecule has 3 heterocycles. The summed E-state index contributed by atoms with van der Waals surface area (Å²) >= 11 is 3.56. The lowest BCUT2D eigenvalue weighted by Crippen LogP contribution is -2.35. The zero-order chi connectivity index (χ0) is 11.8. The quantitative estimate of drug-likeness (QED) is 0.901. The SMILES string of the molecule is CCC1C2CNCC2CN1c1ncncc1Br. The van der Waals surface area contributed by atoms with Gasteiger partial charge in [-0.3, -0.25) is 0 Å². The minimum atomic E-state index is 0.612. The Morgan fingerprint density at radius 2 is 2.41 bits per heavy atom. The average Bonchev–Trinajstić information content (AvgIpc) is 2.89. The first-order chi connectivity index (χ1) is 8.31. The van der Waals surface area contributed by atoms with E-state index in [9.17, 15) is 0 Å².